The van der Waals surface area contributed by atoms with Gasteiger partial charge in [-0.15, -0.1) is 0 Å². The Hall–Kier alpha value is -2.24. The Balaban J connectivity index is 2.26. The number of carbonyl (C=O) groups excluding carboxylic acids is 2. The summed E-state index contributed by atoms with van der Waals surface area (Å²) in [5, 5.41) is 3.76. The fourth-order valence-electron chi connectivity index (χ4n) is 2.92. The molecule has 0 saturated heterocycles. The van der Waals surface area contributed by atoms with Crippen LogP contribution in [0.1, 0.15) is 31.9 Å². The van der Waals surface area contributed by atoms with Crippen LogP contribution < -0.4 is 10.1 Å². The smallest absolute Gasteiger partial charge is 0.242 e. The number of hydrogen-bond acceptors (Lipinski definition) is 3. The van der Waals surface area contributed by atoms with Crippen molar-refractivity contribution in [2.24, 2.45) is 5.92 Å². The topological polar surface area (TPSA) is 58.6 Å². The van der Waals surface area contributed by atoms with Crippen molar-refractivity contribution in [3.8, 4) is 5.75 Å². The molecule has 162 valence electrons. The van der Waals surface area contributed by atoms with E-state index in [0.717, 1.165) is 11.3 Å². The van der Waals surface area contributed by atoms with Gasteiger partial charge >= 0.3 is 0 Å². The Kier molecular flexibility index (Phi) is 9.00. The third kappa shape index (κ3) is 6.64. The molecule has 0 unspecified atom stereocenters. The van der Waals surface area contributed by atoms with Gasteiger partial charge in [0.15, 0.2) is 0 Å². The van der Waals surface area contributed by atoms with Crippen LogP contribution in [0.2, 0.25) is 10.0 Å². The Morgan fingerprint density at radius 1 is 1.03 bits per heavy atom. The van der Waals surface area contributed by atoms with Crippen LogP contribution in [-0.2, 0) is 22.6 Å². The van der Waals surface area contributed by atoms with E-state index in [0.29, 0.717) is 28.1 Å². The van der Waals surface area contributed by atoms with Crippen molar-refractivity contribution in [2.45, 2.75) is 39.8 Å². The highest BCUT2D eigenvalue weighted by molar-refractivity contribution is 6.36. The molecule has 0 radical (unpaired) electrons. The molecule has 2 rings (SSSR count). The molecule has 0 heterocycles. The normalized spacial score (nSPS) is 11.8. The number of ether oxygens (including phenoxy) is 1. The second-order valence-electron chi connectivity index (χ2n) is 7.56. The number of carbonyl (C=O) groups is 2. The van der Waals surface area contributed by atoms with Crippen molar-refractivity contribution >= 4 is 35.0 Å². The predicted octanol–water partition coefficient (Wildman–Crippen LogP) is 4.73. The average Bonchev–Trinajstić information content (AvgIpc) is 2.72. The number of nitrogens with one attached hydrogen (secondary N) is 1. The maximum Gasteiger partial charge on any atom is 0.242 e. The Bertz CT molecular complexity index is 849. The van der Waals surface area contributed by atoms with Gasteiger partial charge < -0.3 is 15.0 Å². The summed E-state index contributed by atoms with van der Waals surface area (Å²) in [6.07, 6.45) is 0.0104. The second-order valence-corrected chi connectivity index (χ2v) is 8.38. The highest BCUT2D eigenvalue weighted by Crippen LogP contribution is 2.26. The fraction of sp³-hybridized carbons (Fsp3) is 0.391. The molecule has 0 aromatic heterocycles. The summed E-state index contributed by atoms with van der Waals surface area (Å²) in [5.41, 5.74) is 1.44. The number of hydrogen-bond donors (Lipinski definition) is 1. The third-order valence-corrected chi connectivity index (χ3v) is 5.46. The van der Waals surface area contributed by atoms with Crippen LogP contribution in [0.15, 0.2) is 42.5 Å². The molecule has 5 nitrogen and oxygen atoms in total. The first-order valence-electron chi connectivity index (χ1n) is 9.86. The average molecular weight is 451 g/mol. The zero-order valence-corrected chi connectivity index (χ0v) is 19.3. The summed E-state index contributed by atoms with van der Waals surface area (Å²) in [6.45, 7) is 6.59. The molecule has 1 atom stereocenters. The van der Waals surface area contributed by atoms with Gasteiger partial charge in [0.05, 0.1) is 13.5 Å². The van der Waals surface area contributed by atoms with Crippen LogP contribution in [-0.4, -0.2) is 36.4 Å². The van der Waals surface area contributed by atoms with E-state index in [9.17, 15) is 9.59 Å². The predicted molar refractivity (Wildman–Crippen MR) is 121 cm³/mol. The van der Waals surface area contributed by atoms with Gasteiger partial charge in [-0.3, -0.25) is 9.59 Å². The van der Waals surface area contributed by atoms with Crippen molar-refractivity contribution in [3.63, 3.8) is 0 Å². The Morgan fingerprint density at radius 2 is 1.63 bits per heavy atom. The molecule has 2 amide bonds. The Labute approximate surface area is 188 Å². The summed E-state index contributed by atoms with van der Waals surface area (Å²) in [7, 11) is 1.60. The maximum atomic E-state index is 13.2. The van der Waals surface area contributed by atoms with E-state index in [1.54, 1.807) is 37.1 Å². The summed E-state index contributed by atoms with van der Waals surface area (Å²) in [6, 6.07) is 11.9. The number of methoxy groups -OCH3 is 1. The zero-order chi connectivity index (χ0) is 22.3. The van der Waals surface area contributed by atoms with Gasteiger partial charge in [-0.25, -0.2) is 0 Å². The van der Waals surface area contributed by atoms with Gasteiger partial charge in [-0.1, -0.05) is 55.2 Å². The SMILES string of the molecule is COc1ccc(CN(C(=O)Cc2c(Cl)cccc2Cl)[C@@H](C)C(=O)NCC(C)C)cc1. The van der Waals surface area contributed by atoms with Gasteiger partial charge in [0.1, 0.15) is 11.8 Å². The summed E-state index contributed by atoms with van der Waals surface area (Å²) >= 11 is 12.5. The van der Waals surface area contributed by atoms with Gasteiger partial charge in [0, 0.05) is 23.1 Å². The highest BCUT2D eigenvalue weighted by Gasteiger charge is 2.27. The lowest BCUT2D eigenvalue weighted by atomic mass is 10.1. The lowest BCUT2D eigenvalue weighted by Gasteiger charge is -2.29. The largest absolute Gasteiger partial charge is 0.497 e. The summed E-state index contributed by atoms with van der Waals surface area (Å²) in [4.78, 5) is 27.5. The van der Waals surface area contributed by atoms with Gasteiger partial charge in [-0.05, 0) is 48.2 Å². The van der Waals surface area contributed by atoms with Gasteiger partial charge in [0.25, 0.3) is 0 Å². The molecule has 0 spiro atoms. The minimum absolute atomic E-state index is 0.0104. The van der Waals surface area contributed by atoms with Crippen LogP contribution in [0.4, 0.5) is 0 Å². The van der Waals surface area contributed by atoms with Gasteiger partial charge in [0.2, 0.25) is 11.8 Å². The van der Waals surface area contributed by atoms with Crippen molar-refractivity contribution in [3.05, 3.63) is 63.6 Å². The molecule has 2 aromatic carbocycles. The van der Waals surface area contributed by atoms with E-state index in [2.05, 4.69) is 5.32 Å². The molecule has 2 aromatic rings. The minimum Gasteiger partial charge on any atom is -0.497 e. The standard InChI is InChI=1S/C23H28Cl2N2O3/c1-15(2)13-26-23(29)16(3)27(14-17-8-10-18(30-4)11-9-17)22(28)12-19-20(24)6-5-7-21(19)25/h5-11,15-16H,12-14H2,1-4H3,(H,26,29)/t16-/m0/s1. The minimum atomic E-state index is -0.653. The molecule has 0 saturated carbocycles. The van der Waals surface area contributed by atoms with E-state index in [-0.39, 0.29) is 24.8 Å². The molecule has 0 aliphatic heterocycles. The first kappa shape index (κ1) is 24.0. The van der Waals surface area contributed by atoms with Crippen LogP contribution in [0, 0.1) is 5.92 Å². The van der Waals surface area contributed by atoms with Gasteiger partial charge in [-0.2, -0.15) is 0 Å². The van der Waals surface area contributed by atoms with Crippen LogP contribution in [0.25, 0.3) is 0 Å². The molecule has 1 N–H and O–H groups in total. The van der Waals surface area contributed by atoms with E-state index in [4.69, 9.17) is 27.9 Å². The molecule has 0 aliphatic carbocycles. The van der Waals surface area contributed by atoms with E-state index >= 15 is 0 Å². The van der Waals surface area contributed by atoms with Crippen molar-refractivity contribution in [1.82, 2.24) is 10.2 Å². The quantitative estimate of drug-likeness (QED) is 0.600. The number of nitrogens with zero attached hydrogens (tertiary/aromatic N) is 1. The second kappa shape index (κ2) is 11.2. The molecule has 7 heteroatoms. The van der Waals surface area contributed by atoms with E-state index < -0.39 is 6.04 Å². The molecule has 0 fully saturated rings. The zero-order valence-electron chi connectivity index (χ0n) is 17.7. The van der Waals surface area contributed by atoms with Crippen molar-refractivity contribution in [2.75, 3.05) is 13.7 Å². The first-order chi connectivity index (χ1) is 14.2. The fourth-order valence-corrected chi connectivity index (χ4v) is 3.45. The third-order valence-electron chi connectivity index (χ3n) is 4.75. The number of benzene rings is 2. The molecular weight excluding hydrogens is 423 g/mol. The monoisotopic (exact) mass is 450 g/mol. The summed E-state index contributed by atoms with van der Waals surface area (Å²) < 4.78 is 5.19. The highest BCUT2D eigenvalue weighted by atomic mass is 35.5. The summed E-state index contributed by atoms with van der Waals surface area (Å²) in [5.74, 6) is 0.611. The number of halogens is 2. The molecule has 0 bridgehead atoms. The molecular formula is C23H28Cl2N2O3. The van der Waals surface area contributed by atoms with Crippen LogP contribution >= 0.6 is 23.2 Å². The lowest BCUT2D eigenvalue weighted by molar-refractivity contribution is -0.140. The van der Waals surface area contributed by atoms with Crippen molar-refractivity contribution in [1.29, 1.82) is 0 Å². The molecule has 30 heavy (non-hydrogen) atoms. The van der Waals surface area contributed by atoms with E-state index in [1.165, 1.54) is 0 Å². The first-order valence-corrected chi connectivity index (χ1v) is 10.6. The van der Waals surface area contributed by atoms with E-state index in [1.807, 2.05) is 38.1 Å². The van der Waals surface area contributed by atoms with Crippen LogP contribution in [0.5, 0.6) is 5.75 Å². The lowest BCUT2D eigenvalue weighted by Crippen LogP contribution is -2.48. The number of rotatable bonds is 9. The molecule has 0 aliphatic rings. The number of amides is 2. The Morgan fingerprint density at radius 3 is 2.17 bits per heavy atom. The van der Waals surface area contributed by atoms with Crippen molar-refractivity contribution < 1.29 is 14.3 Å². The van der Waals surface area contributed by atoms with Crippen LogP contribution in [0.3, 0.4) is 0 Å². The maximum absolute atomic E-state index is 13.2.